The van der Waals surface area contributed by atoms with Crippen molar-refractivity contribution in [2.75, 3.05) is 19.8 Å². The third-order valence-corrected chi connectivity index (χ3v) is 4.66. The molecule has 0 bridgehead atoms. The van der Waals surface area contributed by atoms with E-state index in [0.29, 0.717) is 5.82 Å². The summed E-state index contributed by atoms with van der Waals surface area (Å²) < 4.78 is 12.0. The van der Waals surface area contributed by atoms with E-state index < -0.39 is 18.2 Å². The first-order valence-electron chi connectivity index (χ1n) is 9.06. The van der Waals surface area contributed by atoms with Crippen LogP contribution in [0.1, 0.15) is 24.6 Å². The van der Waals surface area contributed by atoms with Crippen molar-refractivity contribution in [3.05, 3.63) is 58.6 Å². The zero-order valence-corrected chi connectivity index (χ0v) is 14.9. The van der Waals surface area contributed by atoms with E-state index >= 15 is 0 Å². The maximum atomic E-state index is 12.3. The van der Waals surface area contributed by atoms with Crippen LogP contribution in [0.3, 0.4) is 0 Å². The van der Waals surface area contributed by atoms with E-state index in [2.05, 4.69) is 27.0 Å². The number of likely N-dealkylation sites (tertiary alicyclic amines) is 1. The Labute approximate surface area is 156 Å². The molecule has 2 fully saturated rings. The van der Waals surface area contributed by atoms with Gasteiger partial charge in [-0.2, -0.15) is 4.98 Å². The number of rotatable bonds is 5. The van der Waals surface area contributed by atoms with Gasteiger partial charge in [-0.05, 0) is 18.1 Å². The van der Waals surface area contributed by atoms with Gasteiger partial charge in [-0.15, -0.1) is 0 Å². The van der Waals surface area contributed by atoms with E-state index in [1.54, 1.807) is 12.3 Å². The molecule has 4 rings (SSSR count). The Bertz CT molecular complexity index is 868. The molecule has 2 saturated heterocycles. The van der Waals surface area contributed by atoms with E-state index in [9.17, 15) is 4.79 Å². The van der Waals surface area contributed by atoms with E-state index in [1.165, 1.54) is 10.1 Å². The minimum atomic E-state index is -0.702. The summed E-state index contributed by atoms with van der Waals surface area (Å²) in [6.07, 6.45) is 2.24. The molecule has 0 unspecified atom stereocenters. The minimum Gasteiger partial charge on any atom is -0.391 e. The molecule has 3 heterocycles. The van der Waals surface area contributed by atoms with Crippen LogP contribution >= 0.6 is 0 Å². The maximum absolute atomic E-state index is 12.3. The van der Waals surface area contributed by atoms with Crippen molar-refractivity contribution in [1.29, 1.82) is 0 Å². The number of hydrogen-bond acceptors (Lipinski definition) is 6. The Morgan fingerprint density at radius 3 is 2.85 bits per heavy atom. The van der Waals surface area contributed by atoms with E-state index in [0.717, 1.165) is 31.8 Å². The van der Waals surface area contributed by atoms with Crippen LogP contribution in [0.4, 0.5) is 5.82 Å². The van der Waals surface area contributed by atoms with Crippen LogP contribution in [-0.2, 0) is 16.0 Å². The first-order valence-corrected chi connectivity index (χ1v) is 9.06. The highest BCUT2D eigenvalue weighted by molar-refractivity contribution is 5.86. The van der Waals surface area contributed by atoms with Gasteiger partial charge in [0.2, 0.25) is 0 Å². The Hall–Kier alpha value is -2.55. The zero-order chi connectivity index (χ0) is 18.6. The molecule has 1 aromatic carbocycles. The molecule has 8 nitrogen and oxygen atoms in total. The highest BCUT2D eigenvalue weighted by Crippen LogP contribution is 2.21. The van der Waals surface area contributed by atoms with Gasteiger partial charge in [0, 0.05) is 25.7 Å². The van der Waals surface area contributed by atoms with Crippen LogP contribution < -0.4 is 5.69 Å². The molecule has 0 amide bonds. The number of nitrogens with zero attached hydrogens (tertiary/aromatic N) is 4. The Kier molecular flexibility index (Phi) is 5.28. The number of hydrogen-bond donors (Lipinski definition) is 1. The number of aliphatic hydroxyl groups excluding tert-OH is 1. The second-order valence-electron chi connectivity index (χ2n) is 6.55. The summed E-state index contributed by atoms with van der Waals surface area (Å²) >= 11 is 0. The summed E-state index contributed by atoms with van der Waals surface area (Å²) in [4.78, 5) is 23.2. The highest BCUT2D eigenvalue weighted by Gasteiger charge is 2.27. The fourth-order valence-electron chi connectivity index (χ4n) is 3.32. The predicted molar refractivity (Wildman–Crippen MR) is 98.6 cm³/mol. The summed E-state index contributed by atoms with van der Waals surface area (Å²) in [5.74, 6) is 1.34. The Morgan fingerprint density at radius 2 is 2.11 bits per heavy atom. The fourth-order valence-corrected chi connectivity index (χ4v) is 3.32. The molecule has 8 heteroatoms. The van der Waals surface area contributed by atoms with E-state index in [4.69, 9.17) is 14.6 Å². The van der Waals surface area contributed by atoms with Crippen molar-refractivity contribution in [2.24, 2.45) is 4.99 Å². The smallest absolute Gasteiger partial charge is 0.351 e. The van der Waals surface area contributed by atoms with Gasteiger partial charge in [0.1, 0.15) is 5.84 Å². The zero-order valence-electron chi connectivity index (χ0n) is 14.9. The number of aliphatic imine (C=N–C) groups is 1. The number of amidine groups is 1. The first kappa shape index (κ1) is 17.8. The van der Waals surface area contributed by atoms with Crippen LogP contribution in [0.5, 0.6) is 0 Å². The molecule has 1 aromatic heterocycles. The van der Waals surface area contributed by atoms with Gasteiger partial charge in [-0.1, -0.05) is 30.3 Å². The van der Waals surface area contributed by atoms with Crippen LogP contribution in [-0.4, -0.2) is 51.4 Å². The quantitative estimate of drug-likeness (QED) is 0.857. The Morgan fingerprint density at radius 1 is 1.26 bits per heavy atom. The summed E-state index contributed by atoms with van der Waals surface area (Å²) in [5, 5.41) is 9.06. The molecule has 0 aliphatic carbocycles. The van der Waals surface area contributed by atoms with Crippen molar-refractivity contribution in [3.63, 3.8) is 0 Å². The van der Waals surface area contributed by atoms with Gasteiger partial charge >= 0.3 is 5.69 Å². The van der Waals surface area contributed by atoms with Gasteiger partial charge in [-0.25, -0.2) is 9.79 Å². The third kappa shape index (κ3) is 4.08. The van der Waals surface area contributed by atoms with Gasteiger partial charge in [0.05, 0.1) is 13.2 Å². The molecule has 142 valence electrons. The lowest BCUT2D eigenvalue weighted by Gasteiger charge is -2.19. The largest absolute Gasteiger partial charge is 0.391 e. The van der Waals surface area contributed by atoms with Crippen LogP contribution in [0.2, 0.25) is 0 Å². The molecule has 0 spiro atoms. The normalized spacial score (nSPS) is 24.0. The number of aliphatic hydroxyl groups is 1. The van der Waals surface area contributed by atoms with E-state index in [1.807, 2.05) is 18.2 Å². The van der Waals surface area contributed by atoms with E-state index in [-0.39, 0.29) is 13.2 Å². The molecule has 2 aliphatic rings. The topological polar surface area (TPSA) is 89.2 Å². The molecule has 2 aromatic rings. The molecule has 2 aliphatic heterocycles. The summed E-state index contributed by atoms with van der Waals surface area (Å²) in [5.41, 5.74) is 0.781. The summed E-state index contributed by atoms with van der Waals surface area (Å²) in [6, 6.07) is 11.9. The van der Waals surface area contributed by atoms with Gasteiger partial charge in [-0.3, -0.25) is 4.57 Å². The lowest BCUT2D eigenvalue weighted by atomic mass is 10.2. The van der Waals surface area contributed by atoms with Crippen molar-refractivity contribution < 1.29 is 14.6 Å². The van der Waals surface area contributed by atoms with Gasteiger partial charge < -0.3 is 19.5 Å². The second-order valence-corrected chi connectivity index (χ2v) is 6.55. The standard InChI is InChI=1S/C19H22N4O4/c24-12-18-26-13-17(27-18)23-10-8-15(21-19(23)25)20-16-7-4-9-22(16)11-14-5-2-1-3-6-14/h1-3,5-6,8,10,17-18,24H,4,7,9,11-13H2/t17-,18-/m0/s1. The fraction of sp³-hybridized carbons (Fsp3) is 0.421. The average molecular weight is 370 g/mol. The molecular weight excluding hydrogens is 348 g/mol. The molecular formula is C19H22N4O4. The van der Waals surface area contributed by atoms with Gasteiger partial charge in [0.15, 0.2) is 18.3 Å². The van der Waals surface area contributed by atoms with Crippen molar-refractivity contribution in [2.45, 2.75) is 31.9 Å². The van der Waals surface area contributed by atoms with Crippen LogP contribution in [0.25, 0.3) is 0 Å². The second kappa shape index (κ2) is 7.99. The molecule has 0 radical (unpaired) electrons. The van der Waals surface area contributed by atoms with Crippen LogP contribution in [0, 0.1) is 0 Å². The molecule has 2 atom stereocenters. The lowest BCUT2D eigenvalue weighted by molar-refractivity contribution is -0.0992. The predicted octanol–water partition coefficient (Wildman–Crippen LogP) is 1.43. The van der Waals surface area contributed by atoms with Crippen LogP contribution in [0.15, 0.2) is 52.4 Å². The first-order chi connectivity index (χ1) is 13.2. The third-order valence-electron chi connectivity index (χ3n) is 4.66. The molecule has 0 saturated carbocycles. The highest BCUT2D eigenvalue weighted by atomic mass is 16.7. The van der Waals surface area contributed by atoms with Crippen molar-refractivity contribution in [3.8, 4) is 0 Å². The SMILES string of the molecule is O=c1nc(N=C2CCCN2Cc2ccccc2)ccn1[C@@H]1CO[C@H](CO)O1. The number of ether oxygens (including phenoxy) is 2. The molecule has 1 N–H and O–H groups in total. The number of aromatic nitrogens is 2. The minimum absolute atomic E-state index is 0.200. The van der Waals surface area contributed by atoms with Crippen molar-refractivity contribution >= 4 is 11.7 Å². The average Bonchev–Trinajstić information content (AvgIpc) is 3.33. The van der Waals surface area contributed by atoms with Gasteiger partial charge in [0.25, 0.3) is 0 Å². The molecule has 27 heavy (non-hydrogen) atoms. The monoisotopic (exact) mass is 370 g/mol. The van der Waals surface area contributed by atoms with Crippen molar-refractivity contribution in [1.82, 2.24) is 14.5 Å². The number of benzene rings is 1. The summed E-state index contributed by atoms with van der Waals surface area (Å²) in [7, 11) is 0. The summed E-state index contributed by atoms with van der Waals surface area (Å²) in [6.45, 7) is 1.69. The maximum Gasteiger partial charge on any atom is 0.351 e. The Balaban J connectivity index is 1.50. The lowest BCUT2D eigenvalue weighted by Crippen LogP contribution is -2.28.